The Hall–Kier alpha value is -2.51. The minimum absolute atomic E-state index is 0.0134. The van der Waals surface area contributed by atoms with Gasteiger partial charge in [-0.25, -0.2) is 0 Å². The fourth-order valence-corrected chi connectivity index (χ4v) is 3.64. The molecule has 0 bridgehead atoms. The molecular formula is C19H20N2O4S. The van der Waals surface area contributed by atoms with E-state index in [-0.39, 0.29) is 17.7 Å². The molecule has 1 aliphatic heterocycles. The third kappa shape index (κ3) is 4.77. The van der Waals surface area contributed by atoms with Gasteiger partial charge in [0.1, 0.15) is 0 Å². The van der Waals surface area contributed by atoms with Gasteiger partial charge in [-0.3, -0.25) is 14.9 Å². The number of hydrogen-bond donors (Lipinski definition) is 0. The van der Waals surface area contributed by atoms with Crippen LogP contribution in [0.15, 0.2) is 47.9 Å². The number of benzene rings is 1. The lowest BCUT2D eigenvalue weighted by Crippen LogP contribution is -2.35. The molecule has 0 radical (unpaired) electrons. The van der Waals surface area contributed by atoms with Gasteiger partial charge >= 0.3 is 0 Å². The first kappa shape index (κ1) is 18.3. The number of amides is 1. The molecule has 26 heavy (non-hydrogen) atoms. The van der Waals surface area contributed by atoms with E-state index >= 15 is 0 Å². The van der Waals surface area contributed by atoms with Crippen LogP contribution in [0.25, 0.3) is 6.08 Å². The van der Waals surface area contributed by atoms with Gasteiger partial charge in [0.05, 0.1) is 23.1 Å². The molecule has 1 aliphatic rings. The number of carbonyl (C=O) groups excluding carboxylic acids is 1. The fourth-order valence-electron chi connectivity index (χ4n) is 2.92. The third-order valence-electron chi connectivity index (χ3n) is 4.23. The average Bonchev–Trinajstić information content (AvgIpc) is 3.33. The second-order valence-corrected chi connectivity index (χ2v) is 7.11. The Morgan fingerprint density at radius 1 is 1.35 bits per heavy atom. The lowest BCUT2D eigenvalue weighted by Gasteiger charge is -2.23. The second-order valence-electron chi connectivity index (χ2n) is 6.08. The summed E-state index contributed by atoms with van der Waals surface area (Å²) in [6, 6.07) is 10.3. The van der Waals surface area contributed by atoms with E-state index < -0.39 is 4.92 Å². The zero-order chi connectivity index (χ0) is 18.4. The molecule has 1 unspecified atom stereocenters. The van der Waals surface area contributed by atoms with E-state index in [1.165, 1.54) is 18.2 Å². The second kappa shape index (κ2) is 8.73. The van der Waals surface area contributed by atoms with Crippen molar-refractivity contribution in [3.8, 4) is 0 Å². The summed E-state index contributed by atoms with van der Waals surface area (Å²) in [5.74, 6) is -0.174. The van der Waals surface area contributed by atoms with Crippen LogP contribution in [0.2, 0.25) is 0 Å². The number of rotatable bonds is 7. The third-order valence-corrected chi connectivity index (χ3v) is 5.09. The Kier molecular flexibility index (Phi) is 6.14. The highest BCUT2D eigenvalue weighted by Gasteiger charge is 2.22. The topological polar surface area (TPSA) is 72.7 Å². The van der Waals surface area contributed by atoms with Gasteiger partial charge in [-0.05, 0) is 36.4 Å². The maximum absolute atomic E-state index is 12.7. The van der Waals surface area contributed by atoms with Gasteiger partial charge in [0.2, 0.25) is 5.91 Å². The summed E-state index contributed by atoms with van der Waals surface area (Å²) in [5, 5.41) is 13.1. The number of nitro groups is 1. The van der Waals surface area contributed by atoms with Crippen LogP contribution in [-0.2, 0) is 16.1 Å². The van der Waals surface area contributed by atoms with Crippen molar-refractivity contribution >= 4 is 29.0 Å². The number of hydrogen-bond acceptors (Lipinski definition) is 5. The zero-order valence-electron chi connectivity index (χ0n) is 14.2. The number of thiophene rings is 1. The number of ether oxygens (including phenoxy) is 1. The molecule has 1 aromatic carbocycles. The highest BCUT2D eigenvalue weighted by atomic mass is 32.1. The SMILES string of the molecule is O=C(/C=C/c1ccccc1[N+](=O)[O-])N(Cc1cccs1)CC1CCCO1. The summed E-state index contributed by atoms with van der Waals surface area (Å²) in [4.78, 5) is 26.2. The van der Waals surface area contributed by atoms with Crippen LogP contribution in [0, 0.1) is 10.1 Å². The highest BCUT2D eigenvalue weighted by molar-refractivity contribution is 7.09. The van der Waals surface area contributed by atoms with Gasteiger partial charge in [-0.1, -0.05) is 18.2 Å². The van der Waals surface area contributed by atoms with Crippen molar-refractivity contribution < 1.29 is 14.5 Å². The lowest BCUT2D eigenvalue weighted by molar-refractivity contribution is -0.385. The van der Waals surface area contributed by atoms with Gasteiger partial charge in [0.15, 0.2) is 0 Å². The number of nitrogens with zero attached hydrogens (tertiary/aromatic N) is 2. The lowest BCUT2D eigenvalue weighted by atomic mass is 10.1. The minimum atomic E-state index is -0.445. The van der Waals surface area contributed by atoms with Gasteiger partial charge in [0, 0.05) is 30.2 Å². The van der Waals surface area contributed by atoms with Crippen LogP contribution in [0.3, 0.4) is 0 Å². The van der Waals surface area contributed by atoms with Gasteiger partial charge in [-0.2, -0.15) is 0 Å². The molecule has 6 nitrogen and oxygen atoms in total. The largest absolute Gasteiger partial charge is 0.376 e. The monoisotopic (exact) mass is 372 g/mol. The quantitative estimate of drug-likeness (QED) is 0.420. The van der Waals surface area contributed by atoms with Gasteiger partial charge in [0.25, 0.3) is 5.69 Å². The molecule has 1 atom stereocenters. The van der Waals surface area contributed by atoms with Crippen molar-refractivity contribution in [2.24, 2.45) is 0 Å². The minimum Gasteiger partial charge on any atom is -0.376 e. The van der Waals surface area contributed by atoms with E-state index in [1.54, 1.807) is 34.4 Å². The molecular weight excluding hydrogens is 352 g/mol. The predicted molar refractivity (Wildman–Crippen MR) is 101 cm³/mol. The first-order chi connectivity index (χ1) is 12.6. The van der Waals surface area contributed by atoms with E-state index in [4.69, 9.17) is 4.74 Å². The predicted octanol–water partition coefficient (Wildman–Crippen LogP) is 3.88. The van der Waals surface area contributed by atoms with Crippen LogP contribution in [0.1, 0.15) is 23.3 Å². The number of nitro benzene ring substituents is 1. The van der Waals surface area contributed by atoms with E-state index in [1.807, 2.05) is 17.5 Å². The van der Waals surface area contributed by atoms with Crippen molar-refractivity contribution in [2.75, 3.05) is 13.2 Å². The van der Waals surface area contributed by atoms with Crippen molar-refractivity contribution in [1.82, 2.24) is 4.90 Å². The normalized spacial score (nSPS) is 16.8. The van der Waals surface area contributed by atoms with Gasteiger partial charge in [-0.15, -0.1) is 11.3 Å². The fraction of sp³-hybridized carbons (Fsp3) is 0.316. The smallest absolute Gasteiger partial charge is 0.276 e. The molecule has 2 aromatic rings. The first-order valence-electron chi connectivity index (χ1n) is 8.48. The van der Waals surface area contributed by atoms with Crippen molar-refractivity contribution in [3.05, 3.63) is 68.4 Å². The first-order valence-corrected chi connectivity index (χ1v) is 9.36. The van der Waals surface area contributed by atoms with Crippen LogP contribution >= 0.6 is 11.3 Å². The molecule has 2 heterocycles. The summed E-state index contributed by atoms with van der Waals surface area (Å²) < 4.78 is 5.66. The summed E-state index contributed by atoms with van der Waals surface area (Å²) in [5.41, 5.74) is 0.402. The molecule has 1 amide bonds. The molecule has 3 rings (SSSR count). The van der Waals surface area contributed by atoms with E-state index in [9.17, 15) is 14.9 Å². The van der Waals surface area contributed by atoms with E-state index in [0.29, 0.717) is 18.7 Å². The van der Waals surface area contributed by atoms with E-state index in [2.05, 4.69) is 0 Å². The van der Waals surface area contributed by atoms with Crippen molar-refractivity contribution in [1.29, 1.82) is 0 Å². The molecule has 1 fully saturated rings. The molecule has 0 spiro atoms. The molecule has 0 N–H and O–H groups in total. The zero-order valence-corrected chi connectivity index (χ0v) is 15.1. The van der Waals surface area contributed by atoms with Crippen LogP contribution in [-0.4, -0.2) is 35.0 Å². The number of para-hydroxylation sites is 1. The molecule has 0 aliphatic carbocycles. The average molecular weight is 372 g/mol. The molecule has 1 saturated heterocycles. The maximum atomic E-state index is 12.7. The van der Waals surface area contributed by atoms with Crippen molar-refractivity contribution in [3.63, 3.8) is 0 Å². The summed E-state index contributed by atoms with van der Waals surface area (Å²) in [6.07, 6.45) is 4.93. The standard InChI is InChI=1S/C19H20N2O4S/c22-19(10-9-15-5-1-2-8-18(15)21(23)24)20(13-16-6-3-11-25-16)14-17-7-4-12-26-17/h1-2,4-5,7-10,12,16H,3,6,11,13-14H2/b10-9+. The van der Waals surface area contributed by atoms with Crippen LogP contribution in [0.5, 0.6) is 0 Å². The van der Waals surface area contributed by atoms with E-state index in [0.717, 1.165) is 24.3 Å². The Labute approximate surface area is 155 Å². The summed E-state index contributed by atoms with van der Waals surface area (Å²) in [6.45, 7) is 1.77. The molecule has 1 aromatic heterocycles. The molecule has 7 heteroatoms. The highest BCUT2D eigenvalue weighted by Crippen LogP contribution is 2.20. The van der Waals surface area contributed by atoms with Gasteiger partial charge < -0.3 is 9.64 Å². The Morgan fingerprint density at radius 2 is 2.19 bits per heavy atom. The Bertz CT molecular complexity index is 783. The Balaban J connectivity index is 1.74. The van der Waals surface area contributed by atoms with Crippen LogP contribution < -0.4 is 0 Å². The maximum Gasteiger partial charge on any atom is 0.276 e. The number of carbonyl (C=O) groups is 1. The Morgan fingerprint density at radius 3 is 2.88 bits per heavy atom. The summed E-state index contributed by atoms with van der Waals surface area (Å²) in [7, 11) is 0. The van der Waals surface area contributed by atoms with Crippen molar-refractivity contribution in [2.45, 2.75) is 25.5 Å². The van der Waals surface area contributed by atoms with Crippen LogP contribution in [0.4, 0.5) is 5.69 Å². The summed E-state index contributed by atoms with van der Waals surface area (Å²) >= 11 is 1.60. The molecule has 0 saturated carbocycles. The molecule has 136 valence electrons.